The lowest BCUT2D eigenvalue weighted by atomic mass is 10.00. The van der Waals surface area contributed by atoms with Crippen LogP contribution in [-0.4, -0.2) is 38.0 Å². The van der Waals surface area contributed by atoms with E-state index in [0.717, 1.165) is 18.5 Å². The number of hydrogen-bond acceptors (Lipinski definition) is 5. The maximum Gasteiger partial charge on any atom is 0.233 e. The first-order valence-corrected chi connectivity index (χ1v) is 9.44. The highest BCUT2D eigenvalue weighted by molar-refractivity contribution is 7.99. The summed E-state index contributed by atoms with van der Waals surface area (Å²) in [6.45, 7) is 1.42. The number of nitrogens with two attached hydrogens (primary N) is 1. The summed E-state index contributed by atoms with van der Waals surface area (Å²) in [7, 11) is 0. The lowest BCUT2D eigenvalue weighted by Gasteiger charge is -2.28. The maximum absolute atomic E-state index is 12.6. The Bertz CT molecular complexity index is 925. The highest BCUT2D eigenvalue weighted by atomic mass is 32.2. The van der Waals surface area contributed by atoms with Crippen LogP contribution in [0.2, 0.25) is 0 Å². The number of hydrogen-bond donors (Lipinski definition) is 1. The second-order valence-corrected chi connectivity index (χ2v) is 7.11. The van der Waals surface area contributed by atoms with Crippen LogP contribution in [0.1, 0.15) is 11.1 Å². The molecule has 0 atom stereocenters. The molecule has 0 spiro atoms. The number of fused-ring (bicyclic) bond motifs is 1. The zero-order valence-electron chi connectivity index (χ0n) is 14.2. The highest BCUT2D eigenvalue weighted by Crippen LogP contribution is 2.23. The first-order valence-electron chi connectivity index (χ1n) is 8.45. The van der Waals surface area contributed by atoms with E-state index in [1.165, 1.54) is 27.6 Å². The Morgan fingerprint density at radius 3 is 2.58 bits per heavy atom. The monoisotopic (exact) mass is 365 g/mol. The number of carbonyl (C=O) groups excluding carboxylic acids is 1. The number of amides is 1. The van der Waals surface area contributed by atoms with Gasteiger partial charge in [0.2, 0.25) is 11.1 Å². The molecule has 3 aromatic rings. The fraction of sp³-hybridized carbons (Fsp3) is 0.211. The van der Waals surface area contributed by atoms with Crippen LogP contribution in [0.5, 0.6) is 0 Å². The quantitative estimate of drug-likeness (QED) is 0.567. The third-order valence-electron chi connectivity index (χ3n) is 4.50. The molecule has 4 rings (SSSR count). The van der Waals surface area contributed by atoms with Crippen molar-refractivity contribution in [2.45, 2.75) is 18.1 Å². The lowest BCUT2D eigenvalue weighted by Crippen LogP contribution is -2.37. The van der Waals surface area contributed by atoms with E-state index in [-0.39, 0.29) is 5.91 Å². The molecule has 6 nitrogen and oxygen atoms in total. The number of nitrogen functional groups attached to an aromatic ring is 1. The summed E-state index contributed by atoms with van der Waals surface area (Å²) in [5.74, 6) is 7.09. The molecule has 7 heteroatoms. The molecule has 0 unspecified atom stereocenters. The predicted molar refractivity (Wildman–Crippen MR) is 102 cm³/mol. The Morgan fingerprint density at radius 2 is 1.77 bits per heavy atom. The summed E-state index contributed by atoms with van der Waals surface area (Å²) in [4.78, 5) is 14.5. The van der Waals surface area contributed by atoms with E-state index < -0.39 is 0 Å². The van der Waals surface area contributed by atoms with Gasteiger partial charge in [0, 0.05) is 18.7 Å². The molecule has 0 saturated heterocycles. The first-order chi connectivity index (χ1) is 12.7. The Morgan fingerprint density at radius 1 is 1.04 bits per heavy atom. The molecule has 1 aromatic heterocycles. The third kappa shape index (κ3) is 3.30. The van der Waals surface area contributed by atoms with Gasteiger partial charge in [-0.25, -0.2) is 4.68 Å². The van der Waals surface area contributed by atoms with Crippen molar-refractivity contribution in [2.24, 2.45) is 0 Å². The van der Waals surface area contributed by atoms with Crippen molar-refractivity contribution in [1.29, 1.82) is 0 Å². The number of benzene rings is 2. The van der Waals surface area contributed by atoms with Crippen molar-refractivity contribution >= 4 is 17.7 Å². The van der Waals surface area contributed by atoms with Crippen molar-refractivity contribution < 1.29 is 4.79 Å². The normalized spacial score (nSPS) is 13.5. The molecule has 0 saturated carbocycles. The first kappa shape index (κ1) is 16.7. The van der Waals surface area contributed by atoms with Crippen LogP contribution in [0, 0.1) is 0 Å². The van der Waals surface area contributed by atoms with Gasteiger partial charge in [-0.3, -0.25) is 4.79 Å². The second kappa shape index (κ2) is 7.21. The van der Waals surface area contributed by atoms with Crippen LogP contribution in [-0.2, 0) is 17.8 Å². The predicted octanol–water partition coefficient (Wildman–Crippen LogP) is 2.34. The molecule has 1 amide bonds. The van der Waals surface area contributed by atoms with Gasteiger partial charge in [0.25, 0.3) is 0 Å². The largest absolute Gasteiger partial charge is 0.337 e. The van der Waals surface area contributed by atoms with Crippen molar-refractivity contribution in [1.82, 2.24) is 19.8 Å². The van der Waals surface area contributed by atoms with Crippen LogP contribution in [0.25, 0.3) is 11.4 Å². The van der Waals surface area contributed by atoms with Crippen LogP contribution in [0.3, 0.4) is 0 Å². The van der Waals surface area contributed by atoms with Crippen LogP contribution >= 0.6 is 11.8 Å². The molecule has 2 aromatic carbocycles. The highest BCUT2D eigenvalue weighted by Gasteiger charge is 2.21. The summed E-state index contributed by atoms with van der Waals surface area (Å²) in [5, 5.41) is 8.81. The minimum atomic E-state index is 0.0914. The van der Waals surface area contributed by atoms with Gasteiger partial charge < -0.3 is 10.7 Å². The molecule has 2 N–H and O–H groups in total. The minimum Gasteiger partial charge on any atom is -0.337 e. The Balaban J connectivity index is 1.41. The number of thioether (sulfide) groups is 1. The smallest absolute Gasteiger partial charge is 0.233 e. The molecule has 0 radical (unpaired) electrons. The van der Waals surface area contributed by atoms with Crippen LogP contribution < -0.4 is 5.84 Å². The van der Waals surface area contributed by atoms with Gasteiger partial charge in [-0.2, -0.15) is 0 Å². The van der Waals surface area contributed by atoms with Gasteiger partial charge in [-0.1, -0.05) is 66.4 Å². The molecule has 0 bridgehead atoms. The van der Waals surface area contributed by atoms with Gasteiger partial charge in [0.1, 0.15) is 0 Å². The van der Waals surface area contributed by atoms with E-state index in [2.05, 4.69) is 22.3 Å². The second-order valence-electron chi connectivity index (χ2n) is 6.16. The summed E-state index contributed by atoms with van der Waals surface area (Å²) in [6.07, 6.45) is 0.901. The van der Waals surface area contributed by atoms with E-state index in [1.807, 2.05) is 47.4 Å². The Hall–Kier alpha value is -2.80. The average molecular weight is 365 g/mol. The number of carbonyl (C=O) groups is 1. The molecular weight excluding hydrogens is 346 g/mol. The van der Waals surface area contributed by atoms with Gasteiger partial charge in [-0.05, 0) is 17.5 Å². The van der Waals surface area contributed by atoms with Gasteiger partial charge in [0.05, 0.1) is 5.75 Å². The fourth-order valence-corrected chi connectivity index (χ4v) is 3.84. The molecule has 1 aliphatic heterocycles. The minimum absolute atomic E-state index is 0.0914. The SMILES string of the molecule is Nn1c(SCC(=O)N2CCc3ccccc3C2)nnc1-c1ccccc1. The molecule has 0 fully saturated rings. The number of rotatable bonds is 4. The zero-order valence-corrected chi connectivity index (χ0v) is 15.0. The van der Waals surface area contributed by atoms with E-state index in [1.54, 1.807) is 0 Å². The lowest BCUT2D eigenvalue weighted by molar-refractivity contribution is -0.129. The molecule has 26 heavy (non-hydrogen) atoms. The van der Waals surface area contributed by atoms with E-state index in [4.69, 9.17) is 5.84 Å². The van der Waals surface area contributed by atoms with Gasteiger partial charge >= 0.3 is 0 Å². The summed E-state index contributed by atoms with van der Waals surface area (Å²) in [5.41, 5.74) is 3.46. The Kier molecular flexibility index (Phi) is 4.62. The van der Waals surface area contributed by atoms with Crippen LogP contribution in [0.15, 0.2) is 59.8 Å². The zero-order chi connectivity index (χ0) is 17.9. The van der Waals surface area contributed by atoms with Crippen molar-refractivity contribution in [3.05, 3.63) is 65.7 Å². The summed E-state index contributed by atoms with van der Waals surface area (Å²) >= 11 is 1.32. The third-order valence-corrected chi connectivity index (χ3v) is 5.43. The summed E-state index contributed by atoms with van der Waals surface area (Å²) in [6, 6.07) is 17.9. The van der Waals surface area contributed by atoms with Crippen molar-refractivity contribution in [3.63, 3.8) is 0 Å². The standard InChI is InChI=1S/C19H19N5OS/c20-24-18(15-7-2-1-3-8-15)21-22-19(24)26-13-17(25)23-11-10-14-6-4-5-9-16(14)12-23/h1-9H,10-13,20H2. The fourth-order valence-electron chi connectivity index (χ4n) is 3.09. The van der Waals surface area contributed by atoms with Crippen molar-refractivity contribution in [3.8, 4) is 11.4 Å². The Labute approximate surface area is 156 Å². The summed E-state index contributed by atoms with van der Waals surface area (Å²) < 4.78 is 1.44. The number of aromatic nitrogens is 3. The van der Waals surface area contributed by atoms with Crippen LogP contribution in [0.4, 0.5) is 0 Å². The molecule has 132 valence electrons. The molecule has 2 heterocycles. The van der Waals surface area contributed by atoms with E-state index in [9.17, 15) is 4.79 Å². The van der Waals surface area contributed by atoms with Gasteiger partial charge in [0.15, 0.2) is 5.82 Å². The van der Waals surface area contributed by atoms with E-state index in [0.29, 0.717) is 23.3 Å². The molecule has 1 aliphatic rings. The maximum atomic E-state index is 12.6. The average Bonchev–Trinajstić information content (AvgIpc) is 3.07. The van der Waals surface area contributed by atoms with E-state index >= 15 is 0 Å². The number of nitrogens with zero attached hydrogens (tertiary/aromatic N) is 4. The molecule has 0 aliphatic carbocycles. The topological polar surface area (TPSA) is 77.0 Å². The van der Waals surface area contributed by atoms with Gasteiger partial charge in [-0.15, -0.1) is 10.2 Å². The van der Waals surface area contributed by atoms with Crippen molar-refractivity contribution in [2.75, 3.05) is 18.1 Å². The molecular formula is C19H19N5OS.